The number of nitrogens with one attached hydrogen (secondary N) is 1. The Labute approximate surface area is 109 Å². The standard InChI is InChI=1S/C17H19N/c1-4-15-10-11-17(12-13(15)2)18-14(3)16-8-6-5-7-9-16/h5-12,18H,3-4H2,1-2H3. The third-order valence-corrected chi connectivity index (χ3v) is 3.14. The van der Waals surface area contributed by atoms with Crippen LogP contribution in [-0.2, 0) is 6.42 Å². The number of aryl methyl sites for hydroxylation is 2. The van der Waals surface area contributed by atoms with Crippen LogP contribution < -0.4 is 5.32 Å². The summed E-state index contributed by atoms with van der Waals surface area (Å²) in [4.78, 5) is 0. The molecule has 0 aliphatic carbocycles. The van der Waals surface area contributed by atoms with Gasteiger partial charge in [-0.05, 0) is 42.2 Å². The molecule has 0 bridgehead atoms. The van der Waals surface area contributed by atoms with Gasteiger partial charge in [0.25, 0.3) is 0 Å². The molecule has 0 saturated carbocycles. The minimum absolute atomic E-state index is 0.930. The molecular formula is C17H19N. The topological polar surface area (TPSA) is 12.0 Å². The van der Waals surface area contributed by atoms with Crippen LogP contribution in [0.15, 0.2) is 55.1 Å². The van der Waals surface area contributed by atoms with E-state index in [9.17, 15) is 0 Å². The highest BCUT2D eigenvalue weighted by atomic mass is 14.9. The fourth-order valence-electron chi connectivity index (χ4n) is 2.06. The average Bonchev–Trinajstić information content (AvgIpc) is 2.40. The molecule has 18 heavy (non-hydrogen) atoms. The number of hydrogen-bond acceptors (Lipinski definition) is 1. The Kier molecular flexibility index (Phi) is 3.83. The molecule has 0 fully saturated rings. The van der Waals surface area contributed by atoms with Crippen molar-refractivity contribution in [2.75, 3.05) is 5.32 Å². The van der Waals surface area contributed by atoms with Crippen LogP contribution in [0.4, 0.5) is 5.69 Å². The van der Waals surface area contributed by atoms with Gasteiger partial charge in [0.2, 0.25) is 0 Å². The van der Waals surface area contributed by atoms with E-state index >= 15 is 0 Å². The van der Waals surface area contributed by atoms with Gasteiger partial charge in [0.1, 0.15) is 0 Å². The Morgan fingerprint density at radius 3 is 2.44 bits per heavy atom. The third-order valence-electron chi connectivity index (χ3n) is 3.14. The number of hydrogen-bond donors (Lipinski definition) is 1. The van der Waals surface area contributed by atoms with Gasteiger partial charge in [0, 0.05) is 11.4 Å². The zero-order chi connectivity index (χ0) is 13.0. The minimum atomic E-state index is 0.930. The molecule has 0 aliphatic rings. The number of benzene rings is 2. The lowest BCUT2D eigenvalue weighted by molar-refractivity contribution is 1.11. The molecule has 0 radical (unpaired) electrons. The number of rotatable bonds is 4. The Bertz CT molecular complexity index is 541. The van der Waals surface area contributed by atoms with Gasteiger partial charge >= 0.3 is 0 Å². The molecule has 0 unspecified atom stereocenters. The van der Waals surface area contributed by atoms with Crippen LogP contribution in [-0.4, -0.2) is 0 Å². The quantitative estimate of drug-likeness (QED) is 0.816. The highest BCUT2D eigenvalue weighted by Crippen LogP contribution is 2.20. The van der Waals surface area contributed by atoms with Crippen LogP contribution in [0.25, 0.3) is 5.70 Å². The molecule has 1 nitrogen and oxygen atoms in total. The van der Waals surface area contributed by atoms with E-state index in [1.54, 1.807) is 0 Å². The average molecular weight is 237 g/mol. The molecule has 0 saturated heterocycles. The molecule has 0 spiro atoms. The maximum Gasteiger partial charge on any atom is 0.0387 e. The Balaban J connectivity index is 2.15. The van der Waals surface area contributed by atoms with E-state index in [2.05, 4.69) is 56.1 Å². The molecule has 0 aromatic heterocycles. The van der Waals surface area contributed by atoms with Crippen molar-refractivity contribution < 1.29 is 0 Å². The molecule has 0 amide bonds. The van der Waals surface area contributed by atoms with Gasteiger partial charge in [0.15, 0.2) is 0 Å². The van der Waals surface area contributed by atoms with Crippen LogP contribution in [0, 0.1) is 6.92 Å². The molecule has 2 aromatic rings. The summed E-state index contributed by atoms with van der Waals surface area (Å²) in [5.41, 5.74) is 5.86. The van der Waals surface area contributed by atoms with Gasteiger partial charge in [-0.2, -0.15) is 0 Å². The summed E-state index contributed by atoms with van der Waals surface area (Å²) < 4.78 is 0. The molecule has 2 aromatic carbocycles. The van der Waals surface area contributed by atoms with Crippen LogP contribution in [0.1, 0.15) is 23.6 Å². The lowest BCUT2D eigenvalue weighted by Crippen LogP contribution is -1.98. The monoisotopic (exact) mass is 237 g/mol. The zero-order valence-electron chi connectivity index (χ0n) is 11.0. The first-order valence-electron chi connectivity index (χ1n) is 6.31. The summed E-state index contributed by atoms with van der Waals surface area (Å²) in [6, 6.07) is 16.6. The lowest BCUT2D eigenvalue weighted by atomic mass is 10.1. The lowest BCUT2D eigenvalue weighted by Gasteiger charge is -2.12. The number of anilines is 1. The molecule has 2 rings (SSSR count). The van der Waals surface area contributed by atoms with E-state index in [1.165, 1.54) is 11.1 Å². The van der Waals surface area contributed by atoms with Crippen molar-refractivity contribution in [1.29, 1.82) is 0 Å². The van der Waals surface area contributed by atoms with Crippen molar-refractivity contribution in [3.63, 3.8) is 0 Å². The van der Waals surface area contributed by atoms with E-state index < -0.39 is 0 Å². The Hall–Kier alpha value is -2.02. The summed E-state index contributed by atoms with van der Waals surface area (Å²) >= 11 is 0. The molecule has 1 heteroatoms. The van der Waals surface area contributed by atoms with Crippen LogP contribution in [0.5, 0.6) is 0 Å². The Morgan fingerprint density at radius 1 is 1.11 bits per heavy atom. The summed E-state index contributed by atoms with van der Waals surface area (Å²) in [5.74, 6) is 0. The first kappa shape index (κ1) is 12.4. The summed E-state index contributed by atoms with van der Waals surface area (Å²) in [5, 5.41) is 3.36. The van der Waals surface area contributed by atoms with Crippen molar-refractivity contribution in [1.82, 2.24) is 0 Å². The van der Waals surface area contributed by atoms with Gasteiger partial charge in [-0.15, -0.1) is 0 Å². The van der Waals surface area contributed by atoms with Crippen molar-refractivity contribution >= 4 is 11.4 Å². The van der Waals surface area contributed by atoms with E-state index in [4.69, 9.17) is 0 Å². The molecule has 0 atom stereocenters. The molecule has 1 N–H and O–H groups in total. The normalized spacial score (nSPS) is 10.1. The Morgan fingerprint density at radius 2 is 1.83 bits per heavy atom. The van der Waals surface area contributed by atoms with Crippen LogP contribution in [0.2, 0.25) is 0 Å². The fraction of sp³-hybridized carbons (Fsp3) is 0.176. The summed E-state index contributed by atoms with van der Waals surface area (Å²) in [6.45, 7) is 8.41. The highest BCUT2D eigenvalue weighted by Gasteiger charge is 2.01. The van der Waals surface area contributed by atoms with Gasteiger partial charge < -0.3 is 5.32 Å². The van der Waals surface area contributed by atoms with E-state index in [0.717, 1.165) is 23.4 Å². The van der Waals surface area contributed by atoms with Crippen molar-refractivity contribution in [3.05, 3.63) is 71.8 Å². The predicted molar refractivity (Wildman–Crippen MR) is 79.7 cm³/mol. The third kappa shape index (κ3) is 2.80. The van der Waals surface area contributed by atoms with E-state index in [0.29, 0.717) is 0 Å². The van der Waals surface area contributed by atoms with Crippen molar-refractivity contribution in [2.24, 2.45) is 0 Å². The molecule has 92 valence electrons. The smallest absolute Gasteiger partial charge is 0.0387 e. The van der Waals surface area contributed by atoms with Crippen molar-refractivity contribution in [2.45, 2.75) is 20.3 Å². The second kappa shape index (κ2) is 5.54. The summed E-state index contributed by atoms with van der Waals surface area (Å²) in [6.07, 6.45) is 1.08. The first-order chi connectivity index (χ1) is 8.70. The van der Waals surface area contributed by atoms with Gasteiger partial charge in [-0.25, -0.2) is 0 Å². The van der Waals surface area contributed by atoms with Crippen LogP contribution in [0.3, 0.4) is 0 Å². The fourth-order valence-corrected chi connectivity index (χ4v) is 2.06. The summed E-state index contributed by atoms with van der Waals surface area (Å²) in [7, 11) is 0. The van der Waals surface area contributed by atoms with Crippen molar-refractivity contribution in [3.8, 4) is 0 Å². The second-order valence-corrected chi connectivity index (χ2v) is 4.46. The second-order valence-electron chi connectivity index (χ2n) is 4.46. The van der Waals surface area contributed by atoms with Gasteiger partial charge in [-0.3, -0.25) is 0 Å². The highest BCUT2D eigenvalue weighted by molar-refractivity contribution is 5.75. The predicted octanol–water partition coefficient (Wildman–Crippen LogP) is 4.64. The SMILES string of the molecule is C=C(Nc1ccc(CC)c(C)c1)c1ccccc1. The molecule has 0 heterocycles. The van der Waals surface area contributed by atoms with E-state index in [-0.39, 0.29) is 0 Å². The first-order valence-corrected chi connectivity index (χ1v) is 6.31. The largest absolute Gasteiger partial charge is 0.356 e. The zero-order valence-corrected chi connectivity index (χ0v) is 11.0. The van der Waals surface area contributed by atoms with Crippen LogP contribution >= 0.6 is 0 Å². The van der Waals surface area contributed by atoms with Gasteiger partial charge in [0.05, 0.1) is 0 Å². The maximum absolute atomic E-state index is 4.08. The van der Waals surface area contributed by atoms with Gasteiger partial charge in [-0.1, -0.05) is 49.9 Å². The minimum Gasteiger partial charge on any atom is -0.356 e. The van der Waals surface area contributed by atoms with E-state index in [1.807, 2.05) is 18.2 Å². The molecule has 0 aliphatic heterocycles. The maximum atomic E-state index is 4.08. The molecular weight excluding hydrogens is 218 g/mol.